The summed E-state index contributed by atoms with van der Waals surface area (Å²) >= 11 is 0. The first kappa shape index (κ1) is 24.1. The minimum atomic E-state index is -4.09. The fraction of sp³-hybridized carbons (Fsp3) is 0.148. The Hall–Kier alpha value is -4.04. The van der Waals surface area contributed by atoms with Gasteiger partial charge >= 0.3 is 0 Å². The molecule has 0 unspecified atom stereocenters. The number of hydrogen-bond donors (Lipinski definition) is 1. The molecule has 0 aliphatic carbocycles. The summed E-state index contributed by atoms with van der Waals surface area (Å²) in [7, 11) is -1.16. The van der Waals surface area contributed by atoms with Gasteiger partial charge in [0.05, 0.1) is 24.8 Å². The Labute approximate surface area is 205 Å². The average Bonchev–Trinajstić information content (AvgIpc) is 2.90. The lowest BCUT2D eigenvalue weighted by Crippen LogP contribution is -2.40. The van der Waals surface area contributed by atoms with Crippen molar-refractivity contribution in [3.05, 3.63) is 96.6 Å². The normalized spacial score (nSPS) is 11.1. The number of hydrogen-bond acceptors (Lipinski definition) is 5. The number of rotatable bonds is 9. The summed E-state index contributed by atoms with van der Waals surface area (Å²) in [5.41, 5.74) is 1.14. The SMILES string of the molecule is COc1ccc(OC)c(N(CC(=O)NCc2cccc3ccccc23)S(=O)(=O)c2ccccc2)c1. The van der Waals surface area contributed by atoms with Crippen LogP contribution in [0.2, 0.25) is 0 Å². The minimum absolute atomic E-state index is 0.0618. The van der Waals surface area contributed by atoms with Crippen LogP contribution in [0.15, 0.2) is 95.9 Å². The highest BCUT2D eigenvalue weighted by atomic mass is 32.2. The molecular formula is C27H26N2O5S. The summed E-state index contributed by atoms with van der Waals surface area (Å²) in [6.07, 6.45) is 0. The maximum Gasteiger partial charge on any atom is 0.264 e. The highest BCUT2D eigenvalue weighted by Crippen LogP contribution is 2.35. The van der Waals surface area contributed by atoms with Crippen LogP contribution in [0.3, 0.4) is 0 Å². The van der Waals surface area contributed by atoms with Crippen molar-refractivity contribution in [2.24, 2.45) is 0 Å². The highest BCUT2D eigenvalue weighted by Gasteiger charge is 2.29. The molecule has 1 N–H and O–H groups in total. The maximum absolute atomic E-state index is 13.6. The molecule has 0 saturated heterocycles. The molecule has 0 heterocycles. The van der Waals surface area contributed by atoms with E-state index in [0.717, 1.165) is 20.6 Å². The number of benzene rings is 4. The van der Waals surface area contributed by atoms with E-state index in [1.807, 2.05) is 42.5 Å². The van der Waals surface area contributed by atoms with E-state index in [1.54, 1.807) is 30.3 Å². The Balaban J connectivity index is 1.66. The van der Waals surface area contributed by atoms with Crippen LogP contribution in [-0.2, 0) is 21.4 Å². The molecule has 4 rings (SSSR count). The summed E-state index contributed by atoms with van der Waals surface area (Å²) in [5, 5.41) is 4.95. The molecule has 0 saturated carbocycles. The van der Waals surface area contributed by atoms with Crippen molar-refractivity contribution in [2.75, 3.05) is 25.1 Å². The number of nitrogens with zero attached hydrogens (tertiary/aromatic N) is 1. The van der Waals surface area contributed by atoms with E-state index in [2.05, 4.69) is 5.32 Å². The number of nitrogens with one attached hydrogen (secondary N) is 1. The smallest absolute Gasteiger partial charge is 0.264 e. The third kappa shape index (κ3) is 5.22. The molecule has 0 spiro atoms. The zero-order valence-electron chi connectivity index (χ0n) is 19.5. The van der Waals surface area contributed by atoms with Crippen molar-refractivity contribution >= 4 is 32.4 Å². The van der Waals surface area contributed by atoms with Crippen LogP contribution in [0.5, 0.6) is 11.5 Å². The number of ether oxygens (including phenoxy) is 2. The molecule has 0 atom stereocenters. The lowest BCUT2D eigenvalue weighted by atomic mass is 10.0. The Bertz CT molecular complexity index is 1430. The zero-order chi connectivity index (χ0) is 24.8. The largest absolute Gasteiger partial charge is 0.497 e. The molecule has 0 fully saturated rings. The van der Waals surface area contributed by atoms with Crippen molar-refractivity contribution in [1.29, 1.82) is 0 Å². The molecule has 1 amide bonds. The summed E-state index contributed by atoms with van der Waals surface area (Å²) in [6.45, 7) is -0.180. The standard InChI is InChI=1S/C27H26N2O5S/c1-33-22-15-16-26(34-2)25(17-22)29(35(31,32)23-12-4-3-5-13-23)19-27(30)28-18-21-11-8-10-20-9-6-7-14-24(20)21/h3-17H,18-19H2,1-2H3,(H,28,30). The number of anilines is 1. The Morgan fingerprint density at radius 1 is 0.857 bits per heavy atom. The van der Waals surface area contributed by atoms with E-state index in [0.29, 0.717) is 11.5 Å². The minimum Gasteiger partial charge on any atom is -0.497 e. The first-order chi connectivity index (χ1) is 16.9. The molecule has 0 bridgehead atoms. The van der Waals surface area contributed by atoms with Crippen LogP contribution in [0.4, 0.5) is 5.69 Å². The predicted molar refractivity (Wildman–Crippen MR) is 136 cm³/mol. The molecule has 0 aliphatic rings. The number of carbonyl (C=O) groups excluding carboxylic acids is 1. The highest BCUT2D eigenvalue weighted by molar-refractivity contribution is 7.92. The topological polar surface area (TPSA) is 84.9 Å². The molecule has 0 aromatic heterocycles. The number of sulfonamides is 1. The summed E-state index contributed by atoms with van der Waals surface area (Å²) in [6, 6.07) is 26.5. The molecule has 180 valence electrons. The first-order valence-electron chi connectivity index (χ1n) is 11.0. The van der Waals surface area contributed by atoms with E-state index in [4.69, 9.17) is 9.47 Å². The van der Waals surface area contributed by atoms with Crippen LogP contribution in [0.25, 0.3) is 10.8 Å². The van der Waals surface area contributed by atoms with Gasteiger partial charge in [0.15, 0.2) is 0 Å². The monoisotopic (exact) mass is 490 g/mol. The van der Waals surface area contributed by atoms with Gasteiger partial charge in [-0.2, -0.15) is 0 Å². The van der Waals surface area contributed by atoms with E-state index in [1.165, 1.54) is 32.4 Å². The van der Waals surface area contributed by atoms with Crippen molar-refractivity contribution < 1.29 is 22.7 Å². The lowest BCUT2D eigenvalue weighted by molar-refractivity contribution is -0.119. The number of methoxy groups -OCH3 is 2. The molecule has 35 heavy (non-hydrogen) atoms. The molecule has 7 nitrogen and oxygen atoms in total. The second-order valence-electron chi connectivity index (χ2n) is 7.78. The van der Waals surface area contributed by atoms with Crippen LogP contribution in [-0.4, -0.2) is 35.1 Å². The van der Waals surface area contributed by atoms with Gasteiger partial charge in [0, 0.05) is 12.6 Å². The summed E-state index contributed by atoms with van der Waals surface area (Å²) in [4.78, 5) is 13.1. The van der Waals surface area contributed by atoms with Gasteiger partial charge in [0.2, 0.25) is 5.91 Å². The second-order valence-corrected chi connectivity index (χ2v) is 9.64. The van der Waals surface area contributed by atoms with E-state index < -0.39 is 22.5 Å². The Morgan fingerprint density at radius 2 is 1.57 bits per heavy atom. The van der Waals surface area contributed by atoms with Gasteiger partial charge in [0.25, 0.3) is 10.0 Å². The lowest BCUT2D eigenvalue weighted by Gasteiger charge is -2.26. The molecule has 4 aromatic rings. The third-order valence-electron chi connectivity index (χ3n) is 5.63. The number of fused-ring (bicyclic) bond motifs is 1. The van der Waals surface area contributed by atoms with E-state index >= 15 is 0 Å². The van der Waals surface area contributed by atoms with Crippen molar-refractivity contribution in [3.8, 4) is 11.5 Å². The third-order valence-corrected chi connectivity index (χ3v) is 7.40. The average molecular weight is 491 g/mol. The van der Waals surface area contributed by atoms with Gasteiger partial charge in [0.1, 0.15) is 18.0 Å². The van der Waals surface area contributed by atoms with Crippen LogP contribution in [0.1, 0.15) is 5.56 Å². The Morgan fingerprint density at radius 3 is 2.31 bits per heavy atom. The van der Waals surface area contributed by atoms with Crippen molar-refractivity contribution in [1.82, 2.24) is 5.32 Å². The van der Waals surface area contributed by atoms with Gasteiger partial charge in [-0.05, 0) is 40.6 Å². The van der Waals surface area contributed by atoms with E-state index in [-0.39, 0.29) is 17.1 Å². The molecule has 4 aromatic carbocycles. The molecule has 8 heteroatoms. The van der Waals surface area contributed by atoms with Gasteiger partial charge in [-0.25, -0.2) is 8.42 Å². The summed E-state index contributed by atoms with van der Waals surface area (Å²) in [5.74, 6) is 0.277. The van der Waals surface area contributed by atoms with Gasteiger partial charge in [-0.1, -0.05) is 60.7 Å². The number of carbonyl (C=O) groups is 1. The molecule has 0 radical (unpaired) electrons. The first-order valence-corrected chi connectivity index (χ1v) is 12.4. The zero-order valence-corrected chi connectivity index (χ0v) is 20.3. The predicted octanol–water partition coefficient (Wildman–Crippen LogP) is 4.37. The summed E-state index contributed by atoms with van der Waals surface area (Å²) < 4.78 is 39.0. The fourth-order valence-electron chi connectivity index (χ4n) is 3.84. The van der Waals surface area contributed by atoms with Crippen LogP contribution in [0, 0.1) is 0 Å². The fourth-order valence-corrected chi connectivity index (χ4v) is 5.28. The van der Waals surface area contributed by atoms with Crippen molar-refractivity contribution in [3.63, 3.8) is 0 Å². The Kier molecular flexibility index (Phi) is 7.22. The quantitative estimate of drug-likeness (QED) is 0.377. The molecular weight excluding hydrogens is 464 g/mol. The van der Waals surface area contributed by atoms with Gasteiger partial charge in [-0.15, -0.1) is 0 Å². The maximum atomic E-state index is 13.6. The number of amides is 1. The van der Waals surface area contributed by atoms with Crippen LogP contribution >= 0.6 is 0 Å². The van der Waals surface area contributed by atoms with Crippen molar-refractivity contribution in [2.45, 2.75) is 11.4 Å². The van der Waals surface area contributed by atoms with E-state index in [9.17, 15) is 13.2 Å². The van der Waals surface area contributed by atoms with Gasteiger partial charge in [-0.3, -0.25) is 9.10 Å². The molecule has 0 aliphatic heterocycles. The second kappa shape index (κ2) is 10.5. The van der Waals surface area contributed by atoms with Gasteiger partial charge < -0.3 is 14.8 Å². The van der Waals surface area contributed by atoms with Crippen LogP contribution < -0.4 is 19.1 Å².